The minimum atomic E-state index is -0.309. The van der Waals surface area contributed by atoms with E-state index in [2.05, 4.69) is 5.32 Å². The normalized spacial score (nSPS) is 14.4. The number of rotatable bonds is 7. The molecule has 4 aromatic carbocycles. The van der Waals surface area contributed by atoms with Crippen molar-refractivity contribution in [3.63, 3.8) is 0 Å². The molecule has 0 spiro atoms. The van der Waals surface area contributed by atoms with Gasteiger partial charge >= 0.3 is 0 Å². The van der Waals surface area contributed by atoms with Gasteiger partial charge in [0.1, 0.15) is 5.75 Å². The molecule has 1 aliphatic heterocycles. The average molecular weight is 523 g/mol. The second-order valence-electron chi connectivity index (χ2n) is 9.13. The van der Waals surface area contributed by atoms with Gasteiger partial charge in [0.05, 0.1) is 11.4 Å². The van der Waals surface area contributed by atoms with Crippen LogP contribution in [-0.4, -0.2) is 28.6 Å². The summed E-state index contributed by atoms with van der Waals surface area (Å²) in [6, 6.07) is 26.7. The van der Waals surface area contributed by atoms with Crippen LogP contribution in [0.3, 0.4) is 0 Å². The minimum Gasteiger partial charge on any atom is -0.484 e. The lowest BCUT2D eigenvalue weighted by Gasteiger charge is -2.14. The van der Waals surface area contributed by atoms with Gasteiger partial charge in [-0.3, -0.25) is 19.3 Å². The highest BCUT2D eigenvalue weighted by atomic mass is 32.2. The molecule has 0 saturated carbocycles. The van der Waals surface area contributed by atoms with Gasteiger partial charge in [-0.1, -0.05) is 66.7 Å². The molecule has 0 bridgehead atoms. The fourth-order valence-corrected chi connectivity index (χ4v) is 5.09. The number of hydrogen-bond donors (Lipinski definition) is 1. The van der Waals surface area contributed by atoms with Crippen LogP contribution in [0.15, 0.2) is 89.8 Å². The summed E-state index contributed by atoms with van der Waals surface area (Å²) in [6.45, 7) is 4.01. The van der Waals surface area contributed by atoms with E-state index in [1.807, 2.05) is 74.5 Å². The molecule has 7 heteroatoms. The summed E-state index contributed by atoms with van der Waals surface area (Å²) >= 11 is 0.937. The van der Waals surface area contributed by atoms with Crippen molar-refractivity contribution in [1.29, 1.82) is 0 Å². The number of anilines is 1. The van der Waals surface area contributed by atoms with Crippen molar-refractivity contribution in [1.82, 2.24) is 4.90 Å². The van der Waals surface area contributed by atoms with Crippen molar-refractivity contribution in [2.45, 2.75) is 20.4 Å². The van der Waals surface area contributed by atoms with Crippen LogP contribution in [0, 0.1) is 13.8 Å². The third-order valence-electron chi connectivity index (χ3n) is 6.30. The van der Waals surface area contributed by atoms with Crippen LogP contribution >= 0.6 is 11.8 Å². The first-order valence-corrected chi connectivity index (χ1v) is 13.0. The number of thioether (sulfide) groups is 1. The summed E-state index contributed by atoms with van der Waals surface area (Å²) in [5.74, 6) is -0.0265. The first-order chi connectivity index (χ1) is 18.4. The fraction of sp³-hybridized carbons (Fsp3) is 0.129. The summed E-state index contributed by atoms with van der Waals surface area (Å²) in [4.78, 5) is 39.7. The van der Waals surface area contributed by atoms with Crippen molar-refractivity contribution >= 4 is 51.4 Å². The Morgan fingerprint density at radius 3 is 2.53 bits per heavy atom. The molecule has 1 saturated heterocycles. The Bertz CT molecular complexity index is 1570. The summed E-state index contributed by atoms with van der Waals surface area (Å²) < 4.78 is 5.62. The topological polar surface area (TPSA) is 75.7 Å². The zero-order valence-electron chi connectivity index (χ0n) is 21.1. The Kier molecular flexibility index (Phi) is 7.29. The summed E-state index contributed by atoms with van der Waals surface area (Å²) in [5, 5.41) is 4.67. The lowest BCUT2D eigenvalue weighted by atomic mass is 10.0. The maximum absolute atomic E-state index is 13.0. The van der Waals surface area contributed by atoms with Crippen LogP contribution < -0.4 is 10.1 Å². The quantitative estimate of drug-likeness (QED) is 0.273. The van der Waals surface area contributed by atoms with Crippen molar-refractivity contribution in [2.75, 3.05) is 11.9 Å². The Morgan fingerprint density at radius 2 is 1.71 bits per heavy atom. The van der Waals surface area contributed by atoms with E-state index >= 15 is 0 Å². The van der Waals surface area contributed by atoms with Crippen molar-refractivity contribution < 1.29 is 19.1 Å². The maximum atomic E-state index is 13.0. The Labute approximate surface area is 225 Å². The van der Waals surface area contributed by atoms with Crippen LogP contribution in [-0.2, 0) is 16.1 Å². The van der Waals surface area contributed by atoms with E-state index in [9.17, 15) is 14.4 Å². The van der Waals surface area contributed by atoms with E-state index in [1.54, 1.807) is 30.3 Å². The van der Waals surface area contributed by atoms with Crippen molar-refractivity contribution in [2.24, 2.45) is 0 Å². The second kappa shape index (κ2) is 10.9. The van der Waals surface area contributed by atoms with Gasteiger partial charge in [-0.25, -0.2) is 0 Å². The molecule has 0 aliphatic carbocycles. The first-order valence-electron chi connectivity index (χ1n) is 12.2. The highest BCUT2D eigenvalue weighted by molar-refractivity contribution is 8.18. The third kappa shape index (κ3) is 5.63. The number of nitrogens with zero attached hydrogens (tertiary/aromatic N) is 1. The zero-order chi connectivity index (χ0) is 26.6. The standard InChI is InChI=1S/C31H26N2O4S/c1-20-10-11-21(2)27(16-20)32-29(34)19-37-25-14-12-22(13-15-25)17-28-30(35)33(31(36)38-28)18-24-8-5-7-23-6-3-4-9-26(23)24/h3-17H,18-19H2,1-2H3,(H,32,34)/b28-17-. The van der Waals surface area contributed by atoms with E-state index in [-0.39, 0.29) is 30.2 Å². The Morgan fingerprint density at radius 1 is 0.947 bits per heavy atom. The van der Waals surface area contributed by atoms with Crippen LogP contribution in [0.25, 0.3) is 16.8 Å². The number of aryl methyl sites for hydroxylation is 2. The van der Waals surface area contributed by atoms with Gasteiger partial charge in [0.25, 0.3) is 17.1 Å². The number of carbonyl (C=O) groups excluding carboxylic acids is 3. The number of benzene rings is 4. The number of nitrogens with one attached hydrogen (secondary N) is 1. The molecular formula is C31H26N2O4S. The molecule has 1 N–H and O–H groups in total. The first kappa shape index (κ1) is 25.3. The van der Waals surface area contributed by atoms with Crippen LogP contribution in [0.1, 0.15) is 22.3 Å². The van der Waals surface area contributed by atoms with E-state index in [4.69, 9.17) is 4.74 Å². The molecular weight excluding hydrogens is 496 g/mol. The summed E-state index contributed by atoms with van der Waals surface area (Å²) in [5.41, 5.74) is 4.49. The maximum Gasteiger partial charge on any atom is 0.293 e. The highest BCUT2D eigenvalue weighted by Gasteiger charge is 2.35. The van der Waals surface area contributed by atoms with E-state index < -0.39 is 0 Å². The molecule has 1 heterocycles. The number of amides is 3. The number of carbonyl (C=O) groups is 3. The monoisotopic (exact) mass is 522 g/mol. The van der Waals surface area contributed by atoms with Gasteiger partial charge in [0, 0.05) is 5.69 Å². The molecule has 190 valence electrons. The molecule has 4 aromatic rings. The van der Waals surface area contributed by atoms with Crippen LogP contribution in [0.2, 0.25) is 0 Å². The second-order valence-corrected chi connectivity index (χ2v) is 10.1. The van der Waals surface area contributed by atoms with Crippen LogP contribution in [0.5, 0.6) is 5.75 Å². The minimum absolute atomic E-state index is 0.125. The number of imide groups is 1. The molecule has 38 heavy (non-hydrogen) atoms. The van der Waals surface area contributed by atoms with Crippen molar-refractivity contribution in [3.05, 3.63) is 112 Å². The van der Waals surface area contributed by atoms with Gasteiger partial charge in [0.2, 0.25) is 0 Å². The van der Waals surface area contributed by atoms with E-state index in [1.165, 1.54) is 4.90 Å². The number of fused-ring (bicyclic) bond motifs is 1. The van der Waals surface area contributed by atoms with Gasteiger partial charge in [0.15, 0.2) is 6.61 Å². The molecule has 0 atom stereocenters. The van der Waals surface area contributed by atoms with Gasteiger partial charge in [-0.05, 0) is 82.9 Å². The lowest BCUT2D eigenvalue weighted by molar-refractivity contribution is -0.123. The van der Waals surface area contributed by atoms with Crippen molar-refractivity contribution in [3.8, 4) is 5.75 Å². The fourth-order valence-electron chi connectivity index (χ4n) is 4.25. The SMILES string of the molecule is Cc1ccc(C)c(NC(=O)COc2ccc(/C=C3\SC(=O)N(Cc4cccc5ccccc45)C3=O)cc2)c1. The molecule has 0 unspecified atom stereocenters. The predicted octanol–water partition coefficient (Wildman–Crippen LogP) is 6.71. The molecule has 5 rings (SSSR count). The van der Waals surface area contributed by atoms with E-state index in [0.717, 1.165) is 50.5 Å². The van der Waals surface area contributed by atoms with Gasteiger partial charge < -0.3 is 10.1 Å². The Hall–Kier alpha value is -4.36. The average Bonchev–Trinajstić information content (AvgIpc) is 3.18. The third-order valence-corrected chi connectivity index (χ3v) is 7.20. The largest absolute Gasteiger partial charge is 0.484 e. The smallest absolute Gasteiger partial charge is 0.293 e. The van der Waals surface area contributed by atoms with E-state index in [0.29, 0.717) is 10.7 Å². The highest BCUT2D eigenvalue weighted by Crippen LogP contribution is 2.34. The molecule has 1 aliphatic rings. The molecule has 1 fully saturated rings. The van der Waals surface area contributed by atoms with Crippen LogP contribution in [0.4, 0.5) is 10.5 Å². The molecule has 0 radical (unpaired) electrons. The summed E-state index contributed by atoms with van der Waals surface area (Å²) in [7, 11) is 0. The van der Waals surface area contributed by atoms with Gasteiger partial charge in [-0.2, -0.15) is 0 Å². The molecule has 6 nitrogen and oxygen atoms in total. The predicted molar refractivity (Wildman–Crippen MR) is 152 cm³/mol. The lowest BCUT2D eigenvalue weighted by Crippen LogP contribution is -2.27. The number of hydrogen-bond acceptors (Lipinski definition) is 5. The van der Waals surface area contributed by atoms with Gasteiger partial charge in [-0.15, -0.1) is 0 Å². The Balaban J connectivity index is 1.21. The zero-order valence-corrected chi connectivity index (χ0v) is 21.9. The molecule has 0 aromatic heterocycles. The molecule has 3 amide bonds. The summed E-state index contributed by atoms with van der Waals surface area (Å²) in [6.07, 6.45) is 1.70. The number of ether oxygens (including phenoxy) is 1.